The number of carbonyl (C=O) groups is 2. The van der Waals surface area contributed by atoms with Crippen LogP contribution < -0.4 is 4.74 Å². The monoisotopic (exact) mass is 389 g/mol. The number of carbonyl (C=O) groups excluding carboxylic acids is 1. The molecule has 29 heavy (non-hydrogen) atoms. The molecule has 1 heterocycles. The van der Waals surface area contributed by atoms with Crippen LogP contribution in [0.3, 0.4) is 0 Å². The number of hydrogen-bond acceptors (Lipinski definition) is 4. The molecule has 0 saturated heterocycles. The highest BCUT2D eigenvalue weighted by atomic mass is 16.5. The maximum atomic E-state index is 13.3. The van der Waals surface area contributed by atoms with Gasteiger partial charge in [-0.3, -0.25) is 14.6 Å². The number of aliphatic carboxylic acids is 1. The van der Waals surface area contributed by atoms with E-state index in [1.54, 1.807) is 20.1 Å². The van der Waals surface area contributed by atoms with Crippen molar-refractivity contribution in [3.8, 4) is 5.75 Å². The van der Waals surface area contributed by atoms with Gasteiger partial charge in [0.25, 0.3) is 0 Å². The van der Waals surface area contributed by atoms with Gasteiger partial charge in [0.1, 0.15) is 11.7 Å². The van der Waals surface area contributed by atoms with Crippen LogP contribution >= 0.6 is 0 Å². The van der Waals surface area contributed by atoms with E-state index in [1.165, 1.54) is 0 Å². The molecule has 1 aliphatic carbocycles. The number of benzene rings is 2. The molecule has 4 rings (SSSR count). The molecule has 5 heteroatoms. The van der Waals surface area contributed by atoms with Crippen LogP contribution in [0.4, 0.5) is 0 Å². The molecular weight excluding hydrogens is 366 g/mol. The summed E-state index contributed by atoms with van der Waals surface area (Å²) in [5, 5.41) is 9.95. The van der Waals surface area contributed by atoms with E-state index in [0.29, 0.717) is 35.6 Å². The lowest BCUT2D eigenvalue weighted by Gasteiger charge is -2.36. The minimum Gasteiger partial charge on any atom is -0.496 e. The molecule has 3 unspecified atom stereocenters. The Morgan fingerprint density at radius 1 is 1.07 bits per heavy atom. The van der Waals surface area contributed by atoms with Crippen LogP contribution in [-0.4, -0.2) is 29.7 Å². The summed E-state index contributed by atoms with van der Waals surface area (Å²) < 4.78 is 5.50. The molecule has 0 fully saturated rings. The molecule has 2 aromatic carbocycles. The van der Waals surface area contributed by atoms with Crippen molar-refractivity contribution in [3.05, 3.63) is 77.0 Å². The number of carboxylic acids is 1. The largest absolute Gasteiger partial charge is 0.496 e. The number of allylic oxidation sites excluding steroid dienone is 2. The molecule has 3 atom stereocenters. The highest BCUT2D eigenvalue weighted by Crippen LogP contribution is 2.48. The second-order valence-corrected chi connectivity index (χ2v) is 7.59. The summed E-state index contributed by atoms with van der Waals surface area (Å²) in [4.78, 5) is 30.1. The van der Waals surface area contributed by atoms with Crippen LogP contribution in [0, 0.1) is 5.92 Å². The molecule has 148 valence electrons. The molecule has 5 nitrogen and oxygen atoms in total. The maximum Gasteiger partial charge on any atom is 0.313 e. The van der Waals surface area contributed by atoms with Gasteiger partial charge in [0, 0.05) is 34.9 Å². The molecule has 1 N–H and O–H groups in total. The van der Waals surface area contributed by atoms with Crippen molar-refractivity contribution in [1.82, 2.24) is 0 Å². The second kappa shape index (κ2) is 7.66. The maximum absolute atomic E-state index is 13.3. The first-order chi connectivity index (χ1) is 14.0. The van der Waals surface area contributed by atoms with E-state index >= 15 is 0 Å². The lowest BCUT2D eigenvalue weighted by atomic mass is 9.69. The third-order valence-corrected chi connectivity index (χ3v) is 5.90. The highest BCUT2D eigenvalue weighted by Gasteiger charge is 2.45. The van der Waals surface area contributed by atoms with Crippen LogP contribution in [-0.2, 0) is 9.59 Å². The Morgan fingerprint density at radius 2 is 1.76 bits per heavy atom. The number of para-hydroxylation sites is 1. The van der Waals surface area contributed by atoms with Gasteiger partial charge in [-0.15, -0.1) is 0 Å². The van der Waals surface area contributed by atoms with Crippen molar-refractivity contribution in [2.75, 3.05) is 7.11 Å². The quantitative estimate of drug-likeness (QED) is 0.843. The Balaban J connectivity index is 1.85. The first kappa shape index (κ1) is 19.1. The average Bonchev–Trinajstić information content (AvgIpc) is 2.72. The van der Waals surface area contributed by atoms with Gasteiger partial charge in [0.05, 0.1) is 7.11 Å². The first-order valence-electron chi connectivity index (χ1n) is 9.73. The lowest BCUT2D eigenvalue weighted by Crippen LogP contribution is -2.37. The normalized spacial score (nSPS) is 24.0. The van der Waals surface area contributed by atoms with Gasteiger partial charge in [-0.2, -0.15) is 0 Å². The van der Waals surface area contributed by atoms with Gasteiger partial charge < -0.3 is 9.84 Å². The van der Waals surface area contributed by atoms with Crippen molar-refractivity contribution in [1.29, 1.82) is 0 Å². The fraction of sp³-hybridized carbons (Fsp3) is 0.292. The molecule has 0 spiro atoms. The van der Waals surface area contributed by atoms with Crippen molar-refractivity contribution in [2.24, 2.45) is 10.9 Å². The molecule has 2 aliphatic rings. The topological polar surface area (TPSA) is 76.0 Å². The van der Waals surface area contributed by atoms with E-state index in [9.17, 15) is 14.7 Å². The molecule has 0 amide bonds. The minimum atomic E-state index is -0.980. The Hall–Kier alpha value is -3.21. The number of nitrogens with zero attached hydrogens (tertiary/aromatic N) is 1. The number of rotatable bonds is 4. The molecule has 0 bridgehead atoms. The number of hydrogen-bond donors (Lipinski definition) is 1. The van der Waals surface area contributed by atoms with Crippen LogP contribution in [0.25, 0.3) is 0 Å². The van der Waals surface area contributed by atoms with Gasteiger partial charge in [0.15, 0.2) is 5.78 Å². The van der Waals surface area contributed by atoms with Gasteiger partial charge in [-0.1, -0.05) is 48.5 Å². The van der Waals surface area contributed by atoms with E-state index in [4.69, 9.17) is 4.74 Å². The Kier molecular flexibility index (Phi) is 5.05. The van der Waals surface area contributed by atoms with Crippen LogP contribution in [0.1, 0.15) is 42.7 Å². The molecule has 2 aromatic rings. The Morgan fingerprint density at radius 3 is 2.45 bits per heavy atom. The Bertz CT molecular complexity index is 1020. The molecular formula is C24H23NO4. The third-order valence-electron chi connectivity index (χ3n) is 5.90. The highest BCUT2D eigenvalue weighted by molar-refractivity contribution is 6.08. The molecule has 0 saturated carbocycles. The summed E-state index contributed by atoms with van der Waals surface area (Å²) in [6, 6.07) is 17.3. The van der Waals surface area contributed by atoms with E-state index < -0.39 is 17.8 Å². The number of Topliss-reactive ketones (excluding diaryl/α,β-unsaturated/α-hetero) is 1. The summed E-state index contributed by atoms with van der Waals surface area (Å²) in [6.45, 7) is 1.74. The summed E-state index contributed by atoms with van der Waals surface area (Å²) >= 11 is 0. The van der Waals surface area contributed by atoms with Crippen LogP contribution in [0.2, 0.25) is 0 Å². The van der Waals surface area contributed by atoms with Gasteiger partial charge in [-0.05, 0) is 30.9 Å². The number of ketones is 1. The zero-order chi connectivity index (χ0) is 20.5. The fourth-order valence-corrected chi connectivity index (χ4v) is 4.60. The standard InChI is InChI=1S/C24H23NO4/c1-14-21(24(27)28)22(17-10-6-7-11-20(17)29-2)23-18(25-14)12-16(13-19(23)26)15-8-4-3-5-9-15/h3-11,16,21-22H,12-13H2,1-2H3,(H,27,28). The smallest absolute Gasteiger partial charge is 0.313 e. The van der Waals surface area contributed by atoms with Crippen molar-refractivity contribution < 1.29 is 19.4 Å². The van der Waals surface area contributed by atoms with Crippen molar-refractivity contribution in [2.45, 2.75) is 31.6 Å². The summed E-state index contributed by atoms with van der Waals surface area (Å²) in [7, 11) is 1.56. The fourth-order valence-electron chi connectivity index (χ4n) is 4.60. The van der Waals surface area contributed by atoms with Gasteiger partial charge in [-0.25, -0.2) is 0 Å². The summed E-state index contributed by atoms with van der Waals surface area (Å²) in [5.41, 5.74) is 3.58. The van der Waals surface area contributed by atoms with Crippen molar-refractivity contribution in [3.63, 3.8) is 0 Å². The summed E-state index contributed by atoms with van der Waals surface area (Å²) in [6.07, 6.45) is 0.982. The first-order valence-corrected chi connectivity index (χ1v) is 9.73. The van der Waals surface area contributed by atoms with Crippen LogP contribution in [0.15, 0.2) is 70.9 Å². The minimum absolute atomic E-state index is 0.0292. The van der Waals surface area contributed by atoms with Gasteiger partial charge >= 0.3 is 5.97 Å². The lowest BCUT2D eigenvalue weighted by molar-refractivity contribution is -0.139. The number of carboxylic acid groups (broad SMARTS) is 1. The SMILES string of the molecule is COc1ccccc1C1C2=C(CC(c3ccccc3)CC2=O)N=C(C)C1C(=O)O. The van der Waals surface area contributed by atoms with Gasteiger partial charge in [0.2, 0.25) is 0 Å². The third kappa shape index (κ3) is 3.37. The predicted octanol–water partition coefficient (Wildman–Crippen LogP) is 4.35. The Labute approximate surface area is 169 Å². The van der Waals surface area contributed by atoms with Crippen LogP contribution in [0.5, 0.6) is 5.75 Å². The average molecular weight is 389 g/mol. The summed E-state index contributed by atoms with van der Waals surface area (Å²) in [5.74, 6) is -1.85. The van der Waals surface area contributed by atoms with Crippen molar-refractivity contribution >= 4 is 17.5 Å². The second-order valence-electron chi connectivity index (χ2n) is 7.59. The number of methoxy groups -OCH3 is 1. The number of aliphatic imine (C=N–C) groups is 1. The predicted molar refractivity (Wildman–Crippen MR) is 110 cm³/mol. The van der Waals surface area contributed by atoms with E-state index in [0.717, 1.165) is 11.1 Å². The van der Waals surface area contributed by atoms with E-state index in [2.05, 4.69) is 4.99 Å². The van der Waals surface area contributed by atoms with E-state index in [-0.39, 0.29) is 11.7 Å². The molecule has 0 radical (unpaired) electrons. The van der Waals surface area contributed by atoms with E-state index in [1.807, 2.05) is 48.5 Å². The zero-order valence-corrected chi connectivity index (χ0v) is 16.5. The molecule has 1 aliphatic heterocycles. The zero-order valence-electron chi connectivity index (χ0n) is 16.5. The number of ether oxygens (including phenoxy) is 1. The molecule has 0 aromatic heterocycles.